The van der Waals surface area contributed by atoms with E-state index in [0.717, 1.165) is 0 Å². The van der Waals surface area contributed by atoms with Gasteiger partial charge in [0.15, 0.2) is 5.82 Å². The van der Waals surface area contributed by atoms with Gasteiger partial charge in [0.25, 0.3) is 0 Å². The highest BCUT2D eigenvalue weighted by atomic mass is 16.4. The number of hydrogen-bond acceptors (Lipinski definition) is 5. The maximum atomic E-state index is 11.1. The second-order valence-electron chi connectivity index (χ2n) is 4.70. The average Bonchev–Trinajstić information content (AvgIpc) is 2.78. The van der Waals surface area contributed by atoms with Crippen molar-refractivity contribution in [2.75, 3.05) is 0 Å². The molecule has 4 N–H and O–H groups in total. The van der Waals surface area contributed by atoms with Gasteiger partial charge in [-0.2, -0.15) is 5.10 Å². The van der Waals surface area contributed by atoms with Crippen LogP contribution in [0.15, 0.2) is 6.33 Å². The van der Waals surface area contributed by atoms with Gasteiger partial charge >= 0.3 is 11.9 Å². The molecule has 0 saturated heterocycles. The third-order valence-electron chi connectivity index (χ3n) is 2.56. The molecule has 1 heterocycles. The number of aliphatic carboxylic acids is 2. The van der Waals surface area contributed by atoms with Crippen LogP contribution < -0.4 is 5.32 Å². The summed E-state index contributed by atoms with van der Waals surface area (Å²) in [5.74, 6) is -1.71. The molecule has 8 heteroatoms. The third kappa shape index (κ3) is 5.04. The fraction of sp³-hybridized carbons (Fsp3) is 0.636. The summed E-state index contributed by atoms with van der Waals surface area (Å²) in [4.78, 5) is 26.1. The quantitative estimate of drug-likeness (QED) is 0.518. The molecule has 0 radical (unpaired) electrons. The van der Waals surface area contributed by atoms with E-state index < -0.39 is 24.0 Å². The van der Waals surface area contributed by atoms with Crippen LogP contribution in [0.1, 0.15) is 26.1 Å². The van der Waals surface area contributed by atoms with Gasteiger partial charge in [-0.05, 0) is 12.3 Å². The van der Waals surface area contributed by atoms with E-state index in [9.17, 15) is 9.59 Å². The Bertz CT molecular complexity index is 418. The normalized spacial score (nSPS) is 14.3. The standard InChI is InChI=1S/C11H18N4O4/c1-6(2)3-7(10(16)17)14-8(11(18)19)4-9-12-5-13-15-9/h5-8,14H,3-4H2,1-2H3,(H,16,17)(H,18,19)(H,12,13,15)/t7?,8-/m1/s1. The Balaban J connectivity index is 2.70. The highest BCUT2D eigenvalue weighted by Gasteiger charge is 2.27. The fourth-order valence-corrected chi connectivity index (χ4v) is 1.69. The number of rotatable bonds is 8. The molecule has 0 spiro atoms. The third-order valence-corrected chi connectivity index (χ3v) is 2.56. The zero-order valence-electron chi connectivity index (χ0n) is 10.8. The molecule has 0 aromatic carbocycles. The van der Waals surface area contributed by atoms with Crippen LogP contribution in [0, 0.1) is 5.92 Å². The Morgan fingerprint density at radius 2 is 1.95 bits per heavy atom. The second-order valence-corrected chi connectivity index (χ2v) is 4.70. The lowest BCUT2D eigenvalue weighted by Crippen LogP contribution is -2.48. The van der Waals surface area contributed by atoms with Crippen molar-refractivity contribution in [3.8, 4) is 0 Å². The number of nitrogens with zero attached hydrogens (tertiary/aromatic N) is 2. The smallest absolute Gasteiger partial charge is 0.321 e. The van der Waals surface area contributed by atoms with Crippen molar-refractivity contribution < 1.29 is 19.8 Å². The number of nitrogens with one attached hydrogen (secondary N) is 2. The van der Waals surface area contributed by atoms with Crippen molar-refractivity contribution in [2.45, 2.75) is 38.8 Å². The first-order valence-corrected chi connectivity index (χ1v) is 5.96. The second kappa shape index (κ2) is 6.83. The number of carboxylic acids is 2. The number of carbonyl (C=O) groups is 2. The van der Waals surface area contributed by atoms with Crippen molar-refractivity contribution in [3.05, 3.63) is 12.2 Å². The van der Waals surface area contributed by atoms with Crippen molar-refractivity contribution in [2.24, 2.45) is 5.92 Å². The molecule has 0 bridgehead atoms. The highest BCUT2D eigenvalue weighted by molar-refractivity contribution is 5.77. The molecule has 0 amide bonds. The summed E-state index contributed by atoms with van der Waals surface area (Å²) >= 11 is 0. The Labute approximate surface area is 110 Å². The van der Waals surface area contributed by atoms with Gasteiger partial charge in [-0.3, -0.25) is 20.0 Å². The molecule has 1 unspecified atom stereocenters. The first-order chi connectivity index (χ1) is 8.90. The van der Waals surface area contributed by atoms with Gasteiger partial charge in [0.05, 0.1) is 0 Å². The maximum absolute atomic E-state index is 11.1. The number of hydrogen-bond donors (Lipinski definition) is 4. The van der Waals surface area contributed by atoms with Crippen LogP contribution in [0.3, 0.4) is 0 Å². The Morgan fingerprint density at radius 1 is 1.32 bits per heavy atom. The van der Waals surface area contributed by atoms with Crippen LogP contribution in [0.5, 0.6) is 0 Å². The van der Waals surface area contributed by atoms with Crippen LogP contribution in [0.2, 0.25) is 0 Å². The molecule has 1 aromatic heterocycles. The average molecular weight is 270 g/mol. The number of aromatic nitrogens is 3. The van der Waals surface area contributed by atoms with Gasteiger partial charge in [0.1, 0.15) is 18.4 Å². The van der Waals surface area contributed by atoms with E-state index in [2.05, 4.69) is 20.5 Å². The molecule has 1 rings (SSSR count). The summed E-state index contributed by atoms with van der Waals surface area (Å²) in [5.41, 5.74) is 0. The van der Waals surface area contributed by atoms with Crippen LogP contribution in [0.4, 0.5) is 0 Å². The minimum absolute atomic E-state index is 0.0285. The van der Waals surface area contributed by atoms with E-state index >= 15 is 0 Å². The van der Waals surface area contributed by atoms with E-state index in [4.69, 9.17) is 10.2 Å². The molecule has 0 aliphatic carbocycles. The molecule has 2 atom stereocenters. The SMILES string of the molecule is CC(C)CC(N[C@H](Cc1nc[nH]n1)C(=O)O)C(=O)O. The van der Waals surface area contributed by atoms with Gasteiger partial charge in [-0.1, -0.05) is 13.8 Å². The monoisotopic (exact) mass is 270 g/mol. The van der Waals surface area contributed by atoms with Gasteiger partial charge in [0, 0.05) is 6.42 Å². The van der Waals surface area contributed by atoms with Crippen LogP contribution in [-0.4, -0.2) is 49.4 Å². The largest absolute Gasteiger partial charge is 0.480 e. The summed E-state index contributed by atoms with van der Waals surface area (Å²) in [5, 5.41) is 27.1. The number of carboxylic acid groups (broad SMARTS) is 2. The van der Waals surface area contributed by atoms with Gasteiger partial charge in [0.2, 0.25) is 0 Å². The summed E-state index contributed by atoms with van der Waals surface area (Å²) in [7, 11) is 0. The molecule has 19 heavy (non-hydrogen) atoms. The van der Waals surface area contributed by atoms with Crippen molar-refractivity contribution in [1.29, 1.82) is 0 Å². The fourth-order valence-electron chi connectivity index (χ4n) is 1.69. The Kier molecular flexibility index (Phi) is 5.43. The Hall–Kier alpha value is -1.96. The van der Waals surface area contributed by atoms with E-state index in [1.54, 1.807) is 0 Å². The van der Waals surface area contributed by atoms with Crippen LogP contribution in [0.25, 0.3) is 0 Å². The maximum Gasteiger partial charge on any atom is 0.321 e. The summed E-state index contributed by atoms with van der Waals surface area (Å²) in [6.07, 6.45) is 1.73. The predicted octanol–water partition coefficient (Wildman–Crippen LogP) is -0.111. The van der Waals surface area contributed by atoms with E-state index in [-0.39, 0.29) is 12.3 Å². The van der Waals surface area contributed by atoms with Crippen molar-refractivity contribution in [1.82, 2.24) is 20.5 Å². The van der Waals surface area contributed by atoms with E-state index in [1.807, 2.05) is 13.8 Å². The van der Waals surface area contributed by atoms with E-state index in [0.29, 0.717) is 12.2 Å². The lowest BCUT2D eigenvalue weighted by atomic mass is 10.0. The van der Waals surface area contributed by atoms with Gasteiger partial charge in [-0.15, -0.1) is 0 Å². The molecule has 0 aliphatic heterocycles. The van der Waals surface area contributed by atoms with Crippen molar-refractivity contribution in [3.63, 3.8) is 0 Å². The van der Waals surface area contributed by atoms with Gasteiger partial charge < -0.3 is 10.2 Å². The van der Waals surface area contributed by atoms with Gasteiger partial charge in [-0.25, -0.2) is 4.98 Å². The number of H-pyrrole nitrogens is 1. The summed E-state index contributed by atoms with van der Waals surface area (Å²) in [6, 6.07) is -1.93. The minimum Gasteiger partial charge on any atom is -0.480 e. The molecular formula is C11H18N4O4. The van der Waals surface area contributed by atoms with Crippen LogP contribution >= 0.6 is 0 Å². The zero-order chi connectivity index (χ0) is 14.4. The van der Waals surface area contributed by atoms with Crippen molar-refractivity contribution >= 4 is 11.9 Å². The predicted molar refractivity (Wildman–Crippen MR) is 65.5 cm³/mol. The molecule has 0 saturated carbocycles. The lowest BCUT2D eigenvalue weighted by Gasteiger charge is -2.20. The Morgan fingerprint density at radius 3 is 2.37 bits per heavy atom. The topological polar surface area (TPSA) is 128 Å². The van der Waals surface area contributed by atoms with E-state index in [1.165, 1.54) is 6.33 Å². The molecule has 106 valence electrons. The lowest BCUT2D eigenvalue weighted by molar-refractivity contribution is -0.142. The zero-order valence-corrected chi connectivity index (χ0v) is 10.8. The summed E-state index contributed by atoms with van der Waals surface area (Å²) < 4.78 is 0. The van der Waals surface area contributed by atoms with Crippen LogP contribution in [-0.2, 0) is 16.0 Å². The summed E-state index contributed by atoms with van der Waals surface area (Å²) in [6.45, 7) is 3.76. The highest BCUT2D eigenvalue weighted by Crippen LogP contribution is 2.07. The molecule has 0 aliphatic rings. The molecule has 1 aromatic rings. The number of aromatic amines is 1. The minimum atomic E-state index is -1.13. The molecular weight excluding hydrogens is 252 g/mol. The molecule has 8 nitrogen and oxygen atoms in total. The first-order valence-electron chi connectivity index (χ1n) is 5.96. The molecule has 0 fully saturated rings. The first kappa shape index (κ1) is 15.1.